The number of aryl methyl sites for hydroxylation is 1. The van der Waals surface area contributed by atoms with Crippen LogP contribution in [0.3, 0.4) is 0 Å². The van der Waals surface area contributed by atoms with E-state index in [2.05, 4.69) is 9.97 Å². The summed E-state index contributed by atoms with van der Waals surface area (Å²) in [4.78, 5) is 23.2. The lowest BCUT2D eigenvalue weighted by atomic mass is 10.2. The van der Waals surface area contributed by atoms with Crippen molar-refractivity contribution >= 4 is 23.1 Å². The number of aromatic nitrogens is 2. The molecule has 0 aliphatic rings. The fraction of sp³-hybridized carbons (Fsp3) is 0.308. The van der Waals surface area contributed by atoms with Crippen LogP contribution in [0, 0.1) is 6.92 Å². The number of carbonyl (C=O) groups is 1. The van der Waals surface area contributed by atoms with Crippen molar-refractivity contribution in [2.45, 2.75) is 13.3 Å². The van der Waals surface area contributed by atoms with Crippen LogP contribution >= 0.6 is 11.3 Å². The predicted molar refractivity (Wildman–Crippen MR) is 76.2 cm³/mol. The molecule has 19 heavy (non-hydrogen) atoms. The molecule has 2 rings (SSSR count). The molecule has 0 radical (unpaired) electrons. The molecule has 0 fully saturated rings. The van der Waals surface area contributed by atoms with Gasteiger partial charge in [-0.15, -0.1) is 11.3 Å². The summed E-state index contributed by atoms with van der Waals surface area (Å²) in [7, 11) is 1.79. The number of anilines is 1. The Hall–Kier alpha value is -1.95. The van der Waals surface area contributed by atoms with Gasteiger partial charge in [-0.3, -0.25) is 4.79 Å². The third-order valence-electron chi connectivity index (χ3n) is 2.90. The zero-order valence-corrected chi connectivity index (χ0v) is 11.8. The molecule has 0 unspecified atom stereocenters. The number of hydrogen-bond donors (Lipinski definition) is 1. The summed E-state index contributed by atoms with van der Waals surface area (Å²) in [6.07, 6.45) is 2.33. The van der Waals surface area contributed by atoms with Gasteiger partial charge in [-0.2, -0.15) is 0 Å². The number of nitrogen functional groups attached to an aromatic ring is 1. The van der Waals surface area contributed by atoms with Crippen molar-refractivity contribution in [2.75, 3.05) is 19.3 Å². The third-order valence-corrected chi connectivity index (χ3v) is 3.89. The van der Waals surface area contributed by atoms with Gasteiger partial charge in [-0.1, -0.05) is 0 Å². The van der Waals surface area contributed by atoms with Crippen molar-refractivity contribution in [1.29, 1.82) is 0 Å². The molecule has 2 N–H and O–H groups in total. The SMILES string of the molecule is Cc1ncsc1CCN(C)C(=O)c1ccc(N)nc1. The van der Waals surface area contributed by atoms with Crippen molar-refractivity contribution in [2.24, 2.45) is 0 Å². The summed E-state index contributed by atoms with van der Waals surface area (Å²) < 4.78 is 0. The molecule has 100 valence electrons. The first kappa shape index (κ1) is 13.5. The van der Waals surface area contributed by atoms with Crippen molar-refractivity contribution in [3.63, 3.8) is 0 Å². The highest BCUT2D eigenvalue weighted by atomic mass is 32.1. The van der Waals surface area contributed by atoms with Crippen LogP contribution in [-0.4, -0.2) is 34.4 Å². The zero-order chi connectivity index (χ0) is 13.8. The van der Waals surface area contributed by atoms with Crippen LogP contribution in [0.1, 0.15) is 20.9 Å². The van der Waals surface area contributed by atoms with Crippen molar-refractivity contribution < 1.29 is 4.79 Å². The number of amides is 1. The Bertz CT molecular complexity index is 564. The van der Waals surface area contributed by atoms with Crippen LogP contribution < -0.4 is 5.73 Å². The molecule has 0 bridgehead atoms. The number of nitrogens with two attached hydrogens (primary N) is 1. The summed E-state index contributed by atoms with van der Waals surface area (Å²) >= 11 is 1.62. The first-order valence-corrected chi connectivity index (χ1v) is 6.82. The van der Waals surface area contributed by atoms with Crippen LogP contribution in [-0.2, 0) is 6.42 Å². The van der Waals surface area contributed by atoms with Gasteiger partial charge in [0.15, 0.2) is 0 Å². The molecule has 0 aliphatic heterocycles. The molecule has 2 aromatic heterocycles. The number of thiazole rings is 1. The van der Waals surface area contributed by atoms with E-state index < -0.39 is 0 Å². The standard InChI is InChI=1S/C13H16N4OS/c1-9-11(19-8-16-9)5-6-17(2)13(18)10-3-4-12(14)15-7-10/h3-4,7-8H,5-6H2,1-2H3,(H2,14,15). The Morgan fingerprint density at radius 3 is 2.79 bits per heavy atom. The van der Waals surface area contributed by atoms with Gasteiger partial charge in [0, 0.05) is 31.1 Å². The van der Waals surface area contributed by atoms with Gasteiger partial charge < -0.3 is 10.6 Å². The van der Waals surface area contributed by atoms with Crippen LogP contribution in [0.15, 0.2) is 23.8 Å². The molecule has 2 heterocycles. The molecule has 2 aromatic rings. The highest BCUT2D eigenvalue weighted by Gasteiger charge is 2.12. The van der Waals surface area contributed by atoms with E-state index in [1.165, 1.54) is 11.1 Å². The second-order valence-electron chi connectivity index (χ2n) is 4.31. The normalized spacial score (nSPS) is 10.4. The summed E-state index contributed by atoms with van der Waals surface area (Å²) in [6.45, 7) is 2.64. The van der Waals surface area contributed by atoms with Gasteiger partial charge in [-0.05, 0) is 19.1 Å². The van der Waals surface area contributed by atoms with Crippen LogP contribution in [0.5, 0.6) is 0 Å². The largest absolute Gasteiger partial charge is 0.384 e. The Labute approximate surface area is 116 Å². The highest BCUT2D eigenvalue weighted by molar-refractivity contribution is 7.09. The van der Waals surface area contributed by atoms with E-state index in [-0.39, 0.29) is 5.91 Å². The molecular formula is C13H16N4OS. The van der Waals surface area contributed by atoms with Crippen LogP contribution in [0.4, 0.5) is 5.82 Å². The highest BCUT2D eigenvalue weighted by Crippen LogP contribution is 2.13. The maximum absolute atomic E-state index is 12.1. The number of carbonyl (C=O) groups excluding carboxylic acids is 1. The second kappa shape index (κ2) is 5.79. The lowest BCUT2D eigenvalue weighted by molar-refractivity contribution is 0.0796. The van der Waals surface area contributed by atoms with E-state index in [9.17, 15) is 4.79 Å². The summed E-state index contributed by atoms with van der Waals surface area (Å²) in [5, 5.41) is 0. The lowest BCUT2D eigenvalue weighted by Crippen LogP contribution is -2.28. The Morgan fingerprint density at radius 2 is 2.21 bits per heavy atom. The van der Waals surface area contributed by atoms with E-state index in [0.717, 1.165) is 12.1 Å². The van der Waals surface area contributed by atoms with Gasteiger partial charge in [0.2, 0.25) is 0 Å². The Morgan fingerprint density at radius 1 is 1.42 bits per heavy atom. The number of likely N-dealkylation sites (N-methyl/N-ethyl adjacent to an activating group) is 1. The fourth-order valence-electron chi connectivity index (χ4n) is 1.69. The molecule has 0 saturated heterocycles. The molecule has 0 saturated carbocycles. The van der Waals surface area contributed by atoms with E-state index in [1.807, 2.05) is 12.4 Å². The number of nitrogens with zero attached hydrogens (tertiary/aromatic N) is 3. The van der Waals surface area contributed by atoms with Crippen molar-refractivity contribution in [1.82, 2.24) is 14.9 Å². The average Bonchev–Trinajstić information content (AvgIpc) is 2.81. The molecule has 0 spiro atoms. The Balaban J connectivity index is 1.96. The molecule has 0 aliphatic carbocycles. The van der Waals surface area contributed by atoms with Gasteiger partial charge in [0.25, 0.3) is 5.91 Å². The van der Waals surface area contributed by atoms with E-state index in [4.69, 9.17) is 5.73 Å². The lowest BCUT2D eigenvalue weighted by Gasteiger charge is -2.16. The Kier molecular flexibility index (Phi) is 4.11. The minimum Gasteiger partial charge on any atom is -0.384 e. The smallest absolute Gasteiger partial charge is 0.255 e. The van der Waals surface area contributed by atoms with Gasteiger partial charge in [-0.25, -0.2) is 9.97 Å². The van der Waals surface area contributed by atoms with Crippen LogP contribution in [0.25, 0.3) is 0 Å². The second-order valence-corrected chi connectivity index (χ2v) is 5.25. The maximum atomic E-state index is 12.1. The minimum absolute atomic E-state index is 0.0466. The average molecular weight is 276 g/mol. The molecule has 6 heteroatoms. The van der Waals surface area contributed by atoms with E-state index >= 15 is 0 Å². The van der Waals surface area contributed by atoms with E-state index in [1.54, 1.807) is 35.4 Å². The minimum atomic E-state index is -0.0466. The van der Waals surface area contributed by atoms with Gasteiger partial charge >= 0.3 is 0 Å². The first-order valence-electron chi connectivity index (χ1n) is 5.94. The van der Waals surface area contributed by atoms with Gasteiger partial charge in [0.1, 0.15) is 5.82 Å². The third kappa shape index (κ3) is 3.29. The van der Waals surface area contributed by atoms with E-state index in [0.29, 0.717) is 17.9 Å². The van der Waals surface area contributed by atoms with Crippen molar-refractivity contribution in [3.8, 4) is 0 Å². The molecular weight excluding hydrogens is 260 g/mol. The number of hydrogen-bond acceptors (Lipinski definition) is 5. The number of pyridine rings is 1. The first-order chi connectivity index (χ1) is 9.08. The monoisotopic (exact) mass is 276 g/mol. The zero-order valence-electron chi connectivity index (χ0n) is 11.0. The quantitative estimate of drug-likeness (QED) is 0.923. The maximum Gasteiger partial charge on any atom is 0.255 e. The summed E-state index contributed by atoms with van der Waals surface area (Å²) in [6, 6.07) is 3.33. The summed E-state index contributed by atoms with van der Waals surface area (Å²) in [5.41, 5.74) is 8.93. The fourth-order valence-corrected chi connectivity index (χ4v) is 2.46. The molecule has 5 nitrogen and oxygen atoms in total. The summed E-state index contributed by atoms with van der Waals surface area (Å²) in [5.74, 6) is 0.370. The van der Waals surface area contributed by atoms with Gasteiger partial charge in [0.05, 0.1) is 16.8 Å². The topological polar surface area (TPSA) is 72.1 Å². The number of rotatable bonds is 4. The molecule has 1 amide bonds. The molecule has 0 aromatic carbocycles. The predicted octanol–water partition coefficient (Wildman–Crippen LogP) is 1.74. The van der Waals surface area contributed by atoms with Crippen LogP contribution in [0.2, 0.25) is 0 Å². The molecule has 0 atom stereocenters. The van der Waals surface area contributed by atoms with Crippen molar-refractivity contribution in [3.05, 3.63) is 40.0 Å².